The molecule has 0 heterocycles. The molecule has 0 atom stereocenters. The van der Waals surface area contributed by atoms with Gasteiger partial charge in [0.2, 0.25) is 0 Å². The molecular weight excluding hydrogens is 212 g/mol. The minimum absolute atomic E-state index is 0.294. The second-order valence-electron chi connectivity index (χ2n) is 4.93. The van der Waals surface area contributed by atoms with Gasteiger partial charge in [-0.3, -0.25) is 0 Å². The number of benzene rings is 1. The monoisotopic (exact) mass is 234 g/mol. The number of aliphatic hydroxyl groups excluding tert-OH is 1. The maximum Gasteiger partial charge on any atom is 0.119 e. The minimum atomic E-state index is 0.294. The molecule has 0 spiro atoms. The number of hydrogen-bond acceptors (Lipinski definition) is 2. The van der Waals surface area contributed by atoms with Gasteiger partial charge in [0.05, 0.1) is 6.61 Å². The molecule has 0 radical (unpaired) electrons. The fourth-order valence-corrected chi connectivity index (χ4v) is 2.07. The fourth-order valence-electron chi connectivity index (χ4n) is 2.07. The van der Waals surface area contributed by atoms with Crippen molar-refractivity contribution in [1.29, 1.82) is 0 Å². The van der Waals surface area contributed by atoms with Crippen LogP contribution in [0.1, 0.15) is 37.7 Å². The molecule has 1 aliphatic carbocycles. The Morgan fingerprint density at radius 1 is 1.12 bits per heavy atom. The Morgan fingerprint density at radius 2 is 1.88 bits per heavy atom. The largest absolute Gasteiger partial charge is 0.493 e. The summed E-state index contributed by atoms with van der Waals surface area (Å²) in [5.41, 5.74) is 1.33. The van der Waals surface area contributed by atoms with E-state index in [0.29, 0.717) is 6.61 Å². The number of aliphatic hydroxyl groups is 1. The summed E-state index contributed by atoms with van der Waals surface area (Å²) in [5.74, 6) is 1.78. The number of unbranched alkanes of at least 4 members (excludes halogenated alkanes) is 1. The predicted octanol–water partition coefficient (Wildman–Crippen LogP) is 3.18. The summed E-state index contributed by atoms with van der Waals surface area (Å²) in [6, 6.07) is 8.39. The normalized spacial score (nSPS) is 15.6. The Kier molecular flexibility index (Phi) is 4.87. The Labute approximate surface area is 104 Å². The van der Waals surface area contributed by atoms with Gasteiger partial charge < -0.3 is 9.84 Å². The molecule has 1 N–H and O–H groups in total. The van der Waals surface area contributed by atoms with Crippen molar-refractivity contribution in [3.05, 3.63) is 29.8 Å². The molecule has 1 aromatic rings. The first-order valence-corrected chi connectivity index (χ1v) is 6.71. The van der Waals surface area contributed by atoms with Gasteiger partial charge in [0.25, 0.3) is 0 Å². The molecule has 1 aliphatic rings. The van der Waals surface area contributed by atoms with Crippen molar-refractivity contribution >= 4 is 0 Å². The average Bonchev–Trinajstić information content (AvgIpc) is 2.29. The molecule has 2 nitrogen and oxygen atoms in total. The van der Waals surface area contributed by atoms with Crippen LogP contribution in [0.3, 0.4) is 0 Å². The molecule has 1 saturated carbocycles. The van der Waals surface area contributed by atoms with Gasteiger partial charge in [-0.1, -0.05) is 18.6 Å². The maximum atomic E-state index is 8.72. The molecule has 0 aliphatic heterocycles. The first-order chi connectivity index (χ1) is 8.38. The molecule has 1 aromatic carbocycles. The Morgan fingerprint density at radius 3 is 2.47 bits per heavy atom. The Hall–Kier alpha value is -1.02. The SMILES string of the molecule is OCCCCc1ccc(OCC2CCC2)cc1. The number of rotatable bonds is 7. The molecule has 0 amide bonds. The van der Waals surface area contributed by atoms with E-state index in [9.17, 15) is 0 Å². The van der Waals surface area contributed by atoms with Crippen LogP contribution in [0.2, 0.25) is 0 Å². The van der Waals surface area contributed by atoms with E-state index in [1.807, 2.05) is 0 Å². The predicted molar refractivity (Wildman–Crippen MR) is 69.3 cm³/mol. The zero-order chi connectivity index (χ0) is 11.9. The van der Waals surface area contributed by atoms with E-state index in [1.54, 1.807) is 0 Å². The lowest BCUT2D eigenvalue weighted by Crippen LogP contribution is -2.19. The van der Waals surface area contributed by atoms with Crippen molar-refractivity contribution < 1.29 is 9.84 Å². The standard InChI is InChI=1S/C15H22O2/c16-11-2-1-4-13-7-9-15(10-8-13)17-12-14-5-3-6-14/h7-10,14,16H,1-6,11-12H2. The summed E-state index contributed by atoms with van der Waals surface area (Å²) >= 11 is 0. The lowest BCUT2D eigenvalue weighted by molar-refractivity contribution is 0.180. The molecule has 0 aromatic heterocycles. The van der Waals surface area contributed by atoms with Crippen LogP contribution >= 0.6 is 0 Å². The van der Waals surface area contributed by atoms with Crippen molar-refractivity contribution in [3.63, 3.8) is 0 Å². The summed E-state index contributed by atoms with van der Waals surface area (Å²) in [7, 11) is 0. The van der Waals surface area contributed by atoms with Crippen molar-refractivity contribution in [1.82, 2.24) is 0 Å². The highest BCUT2D eigenvalue weighted by atomic mass is 16.5. The van der Waals surface area contributed by atoms with Gasteiger partial charge in [0.15, 0.2) is 0 Å². The number of aryl methyl sites for hydroxylation is 1. The highest BCUT2D eigenvalue weighted by Crippen LogP contribution is 2.27. The topological polar surface area (TPSA) is 29.5 Å². The third kappa shape index (κ3) is 4.04. The van der Waals surface area contributed by atoms with Gasteiger partial charge >= 0.3 is 0 Å². The number of ether oxygens (including phenoxy) is 1. The third-order valence-corrected chi connectivity index (χ3v) is 3.51. The van der Waals surface area contributed by atoms with E-state index in [2.05, 4.69) is 24.3 Å². The van der Waals surface area contributed by atoms with Crippen LogP contribution < -0.4 is 4.74 Å². The number of hydrogen-bond donors (Lipinski definition) is 1. The Balaban J connectivity index is 1.72. The molecular formula is C15H22O2. The van der Waals surface area contributed by atoms with Gasteiger partial charge in [-0.15, -0.1) is 0 Å². The molecule has 0 saturated heterocycles. The summed E-state index contributed by atoms with van der Waals surface area (Å²) in [5, 5.41) is 8.72. The summed E-state index contributed by atoms with van der Waals surface area (Å²) in [6.07, 6.45) is 7.03. The van der Waals surface area contributed by atoms with Crippen LogP contribution in [0.4, 0.5) is 0 Å². The van der Waals surface area contributed by atoms with Gasteiger partial charge in [0.1, 0.15) is 5.75 Å². The smallest absolute Gasteiger partial charge is 0.119 e. The maximum absolute atomic E-state index is 8.72. The Bertz CT molecular complexity index is 314. The zero-order valence-corrected chi connectivity index (χ0v) is 10.4. The van der Waals surface area contributed by atoms with Crippen molar-refractivity contribution in [2.75, 3.05) is 13.2 Å². The van der Waals surface area contributed by atoms with Crippen LogP contribution in [0.25, 0.3) is 0 Å². The van der Waals surface area contributed by atoms with Gasteiger partial charge in [-0.05, 0) is 55.7 Å². The quantitative estimate of drug-likeness (QED) is 0.734. The van der Waals surface area contributed by atoms with Crippen LogP contribution in [0, 0.1) is 5.92 Å². The molecule has 2 rings (SSSR count). The van der Waals surface area contributed by atoms with E-state index < -0.39 is 0 Å². The zero-order valence-electron chi connectivity index (χ0n) is 10.4. The molecule has 2 heteroatoms. The minimum Gasteiger partial charge on any atom is -0.493 e. The van der Waals surface area contributed by atoms with Crippen molar-refractivity contribution in [3.8, 4) is 5.75 Å². The van der Waals surface area contributed by atoms with E-state index in [0.717, 1.165) is 37.5 Å². The van der Waals surface area contributed by atoms with Crippen LogP contribution in [0.5, 0.6) is 5.75 Å². The molecule has 1 fully saturated rings. The average molecular weight is 234 g/mol. The first kappa shape index (κ1) is 12.4. The highest BCUT2D eigenvalue weighted by Gasteiger charge is 2.17. The lowest BCUT2D eigenvalue weighted by Gasteiger charge is -2.25. The highest BCUT2D eigenvalue weighted by molar-refractivity contribution is 5.27. The lowest BCUT2D eigenvalue weighted by atomic mass is 9.86. The fraction of sp³-hybridized carbons (Fsp3) is 0.600. The summed E-state index contributed by atoms with van der Waals surface area (Å²) in [6.45, 7) is 1.17. The van der Waals surface area contributed by atoms with Gasteiger partial charge in [-0.25, -0.2) is 0 Å². The van der Waals surface area contributed by atoms with Crippen LogP contribution in [0.15, 0.2) is 24.3 Å². The van der Waals surface area contributed by atoms with Crippen molar-refractivity contribution in [2.45, 2.75) is 38.5 Å². The summed E-state index contributed by atoms with van der Waals surface area (Å²) in [4.78, 5) is 0. The molecule has 0 unspecified atom stereocenters. The molecule has 0 bridgehead atoms. The van der Waals surface area contributed by atoms with Crippen LogP contribution in [-0.2, 0) is 6.42 Å². The molecule has 94 valence electrons. The van der Waals surface area contributed by atoms with Crippen LogP contribution in [-0.4, -0.2) is 18.3 Å². The van der Waals surface area contributed by atoms with E-state index in [4.69, 9.17) is 9.84 Å². The second kappa shape index (κ2) is 6.65. The van der Waals surface area contributed by atoms with E-state index in [1.165, 1.54) is 24.8 Å². The molecule has 17 heavy (non-hydrogen) atoms. The second-order valence-corrected chi connectivity index (χ2v) is 4.93. The first-order valence-electron chi connectivity index (χ1n) is 6.71. The van der Waals surface area contributed by atoms with Gasteiger partial charge in [-0.2, -0.15) is 0 Å². The van der Waals surface area contributed by atoms with Crippen molar-refractivity contribution in [2.24, 2.45) is 5.92 Å². The van der Waals surface area contributed by atoms with Gasteiger partial charge in [0, 0.05) is 6.61 Å². The van der Waals surface area contributed by atoms with E-state index >= 15 is 0 Å². The third-order valence-electron chi connectivity index (χ3n) is 3.51. The van der Waals surface area contributed by atoms with E-state index in [-0.39, 0.29) is 0 Å². The summed E-state index contributed by atoms with van der Waals surface area (Å²) < 4.78 is 5.75.